The summed E-state index contributed by atoms with van der Waals surface area (Å²) in [7, 11) is 0. The molecule has 1 atom stereocenters. The summed E-state index contributed by atoms with van der Waals surface area (Å²) in [5.41, 5.74) is 5.25. The van der Waals surface area contributed by atoms with Gasteiger partial charge < -0.3 is 15.6 Å². The lowest BCUT2D eigenvalue weighted by atomic mass is 10.2. The standard InChI is InChI=1S/C8H17NO3.ClH/c1-6(2)5-12-4-3-7(9)8(10)11;/h6-7H,3-5,9H2,1-2H3,(H,10,11);1H/t7-;/m0./s1. The summed E-state index contributed by atoms with van der Waals surface area (Å²) < 4.78 is 5.17. The van der Waals surface area contributed by atoms with Gasteiger partial charge in [0.25, 0.3) is 0 Å². The smallest absolute Gasteiger partial charge is 0.320 e. The molecule has 3 N–H and O–H groups in total. The third kappa shape index (κ3) is 9.60. The number of aliphatic carboxylic acids is 1. The molecule has 0 rings (SSSR count). The average molecular weight is 212 g/mol. The molecular weight excluding hydrogens is 194 g/mol. The van der Waals surface area contributed by atoms with Gasteiger partial charge in [0.2, 0.25) is 0 Å². The number of ether oxygens (including phenoxy) is 1. The Kier molecular flexibility index (Phi) is 9.67. The third-order valence-electron chi connectivity index (χ3n) is 1.34. The van der Waals surface area contributed by atoms with Crippen LogP contribution in [0.3, 0.4) is 0 Å². The highest BCUT2D eigenvalue weighted by Gasteiger charge is 2.10. The first kappa shape index (κ1) is 15.2. The summed E-state index contributed by atoms with van der Waals surface area (Å²) in [5, 5.41) is 8.41. The van der Waals surface area contributed by atoms with Gasteiger partial charge in [0.15, 0.2) is 0 Å². The molecule has 0 radical (unpaired) electrons. The van der Waals surface area contributed by atoms with Crippen molar-refractivity contribution in [3.05, 3.63) is 0 Å². The average Bonchev–Trinajstić information content (AvgIpc) is 1.97. The largest absolute Gasteiger partial charge is 0.480 e. The minimum absolute atomic E-state index is 0. The molecule has 0 aliphatic carbocycles. The topological polar surface area (TPSA) is 72.5 Å². The molecular formula is C8H18ClNO3. The molecule has 0 aromatic rings. The minimum Gasteiger partial charge on any atom is -0.480 e. The molecule has 0 amide bonds. The number of hydrogen-bond acceptors (Lipinski definition) is 3. The van der Waals surface area contributed by atoms with Crippen molar-refractivity contribution >= 4 is 18.4 Å². The maximum atomic E-state index is 10.2. The Morgan fingerprint density at radius 2 is 2.08 bits per heavy atom. The van der Waals surface area contributed by atoms with E-state index in [0.29, 0.717) is 25.6 Å². The Labute approximate surface area is 84.9 Å². The van der Waals surface area contributed by atoms with Crippen LogP contribution in [-0.4, -0.2) is 30.3 Å². The van der Waals surface area contributed by atoms with Crippen molar-refractivity contribution in [2.45, 2.75) is 26.3 Å². The van der Waals surface area contributed by atoms with Crippen molar-refractivity contribution in [3.8, 4) is 0 Å². The summed E-state index contributed by atoms with van der Waals surface area (Å²) in [6.07, 6.45) is 0.377. The molecule has 0 saturated carbocycles. The van der Waals surface area contributed by atoms with Gasteiger partial charge in [-0.15, -0.1) is 12.4 Å². The fourth-order valence-electron chi connectivity index (χ4n) is 0.653. The fourth-order valence-corrected chi connectivity index (χ4v) is 0.653. The van der Waals surface area contributed by atoms with Crippen LogP contribution in [0, 0.1) is 5.92 Å². The number of nitrogens with two attached hydrogens (primary N) is 1. The summed E-state index contributed by atoms with van der Waals surface area (Å²) in [4.78, 5) is 10.2. The van der Waals surface area contributed by atoms with Crippen LogP contribution in [0.2, 0.25) is 0 Å². The van der Waals surface area contributed by atoms with E-state index in [-0.39, 0.29) is 12.4 Å². The molecule has 0 aromatic carbocycles. The molecule has 0 fully saturated rings. The number of carboxylic acid groups (broad SMARTS) is 1. The summed E-state index contributed by atoms with van der Waals surface area (Å²) in [6, 6.07) is -0.794. The number of carboxylic acids is 1. The quantitative estimate of drug-likeness (QED) is 0.640. The normalized spacial score (nSPS) is 12.3. The molecule has 0 heterocycles. The maximum Gasteiger partial charge on any atom is 0.320 e. The second kappa shape index (κ2) is 8.29. The van der Waals surface area contributed by atoms with Crippen LogP contribution in [0.5, 0.6) is 0 Å². The van der Waals surface area contributed by atoms with Crippen LogP contribution in [0.25, 0.3) is 0 Å². The first-order valence-corrected chi connectivity index (χ1v) is 4.10. The number of hydrogen-bond donors (Lipinski definition) is 2. The second-order valence-corrected chi connectivity index (χ2v) is 3.20. The number of carbonyl (C=O) groups is 1. The molecule has 0 spiro atoms. The summed E-state index contributed by atoms with van der Waals surface area (Å²) >= 11 is 0. The summed E-state index contributed by atoms with van der Waals surface area (Å²) in [6.45, 7) is 5.16. The van der Waals surface area contributed by atoms with Crippen molar-refractivity contribution in [2.75, 3.05) is 13.2 Å². The van der Waals surface area contributed by atoms with Crippen molar-refractivity contribution in [2.24, 2.45) is 11.7 Å². The van der Waals surface area contributed by atoms with E-state index in [9.17, 15) is 4.79 Å². The molecule has 0 unspecified atom stereocenters. The Bertz CT molecular complexity index is 141. The van der Waals surface area contributed by atoms with E-state index in [4.69, 9.17) is 15.6 Å². The molecule has 4 nitrogen and oxygen atoms in total. The zero-order valence-corrected chi connectivity index (χ0v) is 8.84. The molecule has 0 saturated heterocycles. The van der Waals surface area contributed by atoms with Crippen molar-refractivity contribution in [1.82, 2.24) is 0 Å². The van der Waals surface area contributed by atoms with E-state index < -0.39 is 12.0 Å². The van der Waals surface area contributed by atoms with Gasteiger partial charge in [-0.25, -0.2) is 0 Å². The van der Waals surface area contributed by atoms with Gasteiger partial charge >= 0.3 is 5.97 Å². The SMILES string of the molecule is CC(C)COCC[C@H](N)C(=O)O.Cl. The lowest BCUT2D eigenvalue weighted by Gasteiger charge is -2.08. The highest BCUT2D eigenvalue weighted by molar-refractivity contribution is 5.85. The van der Waals surface area contributed by atoms with Crippen LogP contribution in [0.4, 0.5) is 0 Å². The van der Waals surface area contributed by atoms with Gasteiger partial charge in [0, 0.05) is 13.2 Å². The predicted octanol–water partition coefficient (Wildman–Crippen LogP) is 0.883. The van der Waals surface area contributed by atoms with Gasteiger partial charge in [-0.1, -0.05) is 13.8 Å². The van der Waals surface area contributed by atoms with Crippen molar-refractivity contribution in [1.29, 1.82) is 0 Å². The molecule has 0 bridgehead atoms. The van der Waals surface area contributed by atoms with Crippen LogP contribution in [0.15, 0.2) is 0 Å². The molecule has 0 aliphatic rings. The predicted molar refractivity (Wildman–Crippen MR) is 53.1 cm³/mol. The molecule has 0 aliphatic heterocycles. The molecule has 0 aromatic heterocycles. The maximum absolute atomic E-state index is 10.2. The first-order valence-electron chi connectivity index (χ1n) is 4.10. The van der Waals surface area contributed by atoms with Gasteiger partial charge in [0.05, 0.1) is 0 Å². The number of rotatable bonds is 6. The van der Waals surface area contributed by atoms with Crippen LogP contribution >= 0.6 is 12.4 Å². The molecule has 5 heteroatoms. The Morgan fingerprint density at radius 3 is 2.46 bits per heavy atom. The Balaban J connectivity index is 0. The lowest BCUT2D eigenvalue weighted by molar-refractivity contribution is -0.139. The molecule has 80 valence electrons. The van der Waals surface area contributed by atoms with Gasteiger partial charge in [-0.3, -0.25) is 4.79 Å². The first-order chi connectivity index (χ1) is 5.54. The van der Waals surface area contributed by atoms with Crippen molar-refractivity contribution < 1.29 is 14.6 Å². The van der Waals surface area contributed by atoms with Crippen LogP contribution < -0.4 is 5.73 Å². The van der Waals surface area contributed by atoms with E-state index >= 15 is 0 Å². The van der Waals surface area contributed by atoms with E-state index in [0.717, 1.165) is 0 Å². The monoisotopic (exact) mass is 211 g/mol. The van der Waals surface area contributed by atoms with Crippen LogP contribution in [-0.2, 0) is 9.53 Å². The molecule has 13 heavy (non-hydrogen) atoms. The highest BCUT2D eigenvalue weighted by Crippen LogP contribution is 1.95. The zero-order chi connectivity index (χ0) is 9.56. The van der Waals surface area contributed by atoms with Gasteiger partial charge in [-0.2, -0.15) is 0 Å². The van der Waals surface area contributed by atoms with Gasteiger partial charge in [0.1, 0.15) is 6.04 Å². The fraction of sp³-hybridized carbons (Fsp3) is 0.875. The Hall–Kier alpha value is -0.320. The van der Waals surface area contributed by atoms with Crippen molar-refractivity contribution in [3.63, 3.8) is 0 Å². The third-order valence-corrected chi connectivity index (χ3v) is 1.34. The van der Waals surface area contributed by atoms with E-state index in [1.54, 1.807) is 0 Å². The zero-order valence-electron chi connectivity index (χ0n) is 8.03. The second-order valence-electron chi connectivity index (χ2n) is 3.20. The van der Waals surface area contributed by atoms with E-state index in [1.807, 2.05) is 13.8 Å². The van der Waals surface area contributed by atoms with Crippen LogP contribution in [0.1, 0.15) is 20.3 Å². The number of halogens is 1. The lowest BCUT2D eigenvalue weighted by Crippen LogP contribution is -2.31. The summed E-state index contributed by atoms with van der Waals surface area (Å²) in [5.74, 6) is -0.491. The van der Waals surface area contributed by atoms with E-state index in [1.165, 1.54) is 0 Å². The minimum atomic E-state index is -0.969. The van der Waals surface area contributed by atoms with E-state index in [2.05, 4.69) is 0 Å². The highest BCUT2D eigenvalue weighted by atomic mass is 35.5. The van der Waals surface area contributed by atoms with Gasteiger partial charge in [-0.05, 0) is 12.3 Å². The Morgan fingerprint density at radius 1 is 1.54 bits per heavy atom.